The first-order chi connectivity index (χ1) is 12.7. The summed E-state index contributed by atoms with van der Waals surface area (Å²) < 4.78 is 70.0. The van der Waals surface area contributed by atoms with E-state index in [4.69, 9.17) is 4.74 Å². The number of hydrogen-bond acceptors (Lipinski definition) is 6. The van der Waals surface area contributed by atoms with E-state index in [1.807, 2.05) is 0 Å². The van der Waals surface area contributed by atoms with E-state index in [2.05, 4.69) is 9.62 Å². The number of sulfone groups is 1. The Labute approximate surface area is 159 Å². The van der Waals surface area contributed by atoms with Crippen LogP contribution in [-0.4, -0.2) is 65.0 Å². The maximum absolute atomic E-state index is 14.0. The molecule has 2 aliphatic heterocycles. The zero-order valence-electron chi connectivity index (χ0n) is 15.2. The minimum atomic E-state index is -3.83. The van der Waals surface area contributed by atoms with Crippen LogP contribution in [0.5, 0.6) is 5.75 Å². The average molecular weight is 421 g/mol. The van der Waals surface area contributed by atoms with Gasteiger partial charge in [-0.05, 0) is 57.5 Å². The summed E-state index contributed by atoms with van der Waals surface area (Å²) in [6.07, 6.45) is 1.83. The minimum Gasteiger partial charge on any atom is -0.491 e. The number of rotatable bonds is 6. The molecule has 2 heterocycles. The standard InChI is InChI=1S/C17H25FN2O5S2/c1-2-25-17-4-3-15(11-16(17)18)27(23,24)19-13-5-8-20(9-6-13)14-7-10-26(21,22)12-14/h3-4,11,13-14,19H,2,5-10,12H2,1H3/t14-/m1/s1. The molecule has 27 heavy (non-hydrogen) atoms. The van der Waals surface area contributed by atoms with Crippen LogP contribution in [0.2, 0.25) is 0 Å². The maximum Gasteiger partial charge on any atom is 0.240 e. The number of nitrogens with zero attached hydrogens (tertiary/aromatic N) is 1. The van der Waals surface area contributed by atoms with Gasteiger partial charge in [0.2, 0.25) is 10.0 Å². The Morgan fingerprint density at radius 2 is 1.96 bits per heavy atom. The van der Waals surface area contributed by atoms with Crippen molar-refractivity contribution in [3.63, 3.8) is 0 Å². The summed E-state index contributed by atoms with van der Waals surface area (Å²) in [5.74, 6) is -0.268. The molecule has 1 aromatic rings. The van der Waals surface area contributed by atoms with Crippen molar-refractivity contribution in [2.45, 2.75) is 43.2 Å². The molecule has 1 aromatic carbocycles. The molecule has 2 aliphatic rings. The fraction of sp³-hybridized carbons (Fsp3) is 0.647. The molecular weight excluding hydrogens is 395 g/mol. The predicted molar refractivity (Wildman–Crippen MR) is 99.5 cm³/mol. The van der Waals surface area contributed by atoms with Crippen LogP contribution in [0.25, 0.3) is 0 Å². The Morgan fingerprint density at radius 3 is 2.52 bits per heavy atom. The quantitative estimate of drug-likeness (QED) is 0.742. The zero-order chi connectivity index (χ0) is 19.7. The first-order valence-electron chi connectivity index (χ1n) is 9.09. The minimum absolute atomic E-state index is 0.0243. The summed E-state index contributed by atoms with van der Waals surface area (Å²) in [4.78, 5) is 2.00. The molecule has 0 bridgehead atoms. The number of sulfonamides is 1. The molecule has 0 aromatic heterocycles. The molecule has 0 aliphatic carbocycles. The predicted octanol–water partition coefficient (Wildman–Crippen LogP) is 1.15. The van der Waals surface area contributed by atoms with Gasteiger partial charge in [0.25, 0.3) is 0 Å². The SMILES string of the molecule is CCOc1ccc(S(=O)(=O)NC2CCN([C@@H]3CCS(=O)(=O)C3)CC2)cc1F. The highest BCUT2D eigenvalue weighted by Crippen LogP contribution is 2.24. The molecule has 2 saturated heterocycles. The van der Waals surface area contributed by atoms with Crippen LogP contribution in [0.3, 0.4) is 0 Å². The zero-order valence-corrected chi connectivity index (χ0v) is 16.9. The van der Waals surface area contributed by atoms with E-state index in [0.717, 1.165) is 6.07 Å². The number of hydrogen-bond donors (Lipinski definition) is 1. The lowest BCUT2D eigenvalue weighted by Gasteiger charge is -2.35. The van der Waals surface area contributed by atoms with Gasteiger partial charge in [0.1, 0.15) is 0 Å². The van der Waals surface area contributed by atoms with E-state index in [9.17, 15) is 21.2 Å². The first-order valence-corrected chi connectivity index (χ1v) is 12.4. The number of piperidine rings is 1. The van der Waals surface area contributed by atoms with E-state index in [0.29, 0.717) is 39.0 Å². The smallest absolute Gasteiger partial charge is 0.240 e. The Kier molecular flexibility index (Phi) is 6.09. The fourth-order valence-electron chi connectivity index (χ4n) is 3.65. The lowest BCUT2D eigenvalue weighted by molar-refractivity contribution is 0.161. The molecule has 1 atom stereocenters. The number of ether oxygens (including phenoxy) is 1. The van der Waals surface area contributed by atoms with Gasteiger partial charge in [0, 0.05) is 12.1 Å². The van der Waals surface area contributed by atoms with Crippen LogP contribution in [0, 0.1) is 5.82 Å². The normalized spacial score (nSPS) is 24.1. The average Bonchev–Trinajstić information content (AvgIpc) is 2.97. The fourth-order valence-corrected chi connectivity index (χ4v) is 6.73. The van der Waals surface area contributed by atoms with E-state index < -0.39 is 25.7 Å². The van der Waals surface area contributed by atoms with Crippen LogP contribution >= 0.6 is 0 Å². The Bertz CT molecular complexity index is 881. The van der Waals surface area contributed by atoms with Gasteiger partial charge in [0.15, 0.2) is 21.4 Å². The van der Waals surface area contributed by atoms with Gasteiger partial charge < -0.3 is 4.74 Å². The number of nitrogens with one attached hydrogen (secondary N) is 1. The van der Waals surface area contributed by atoms with Gasteiger partial charge in [-0.2, -0.15) is 0 Å². The lowest BCUT2D eigenvalue weighted by atomic mass is 10.0. The van der Waals surface area contributed by atoms with Gasteiger partial charge in [-0.15, -0.1) is 0 Å². The molecule has 0 radical (unpaired) electrons. The summed E-state index contributed by atoms with van der Waals surface area (Å²) in [7, 11) is -6.76. The van der Waals surface area contributed by atoms with Crippen molar-refractivity contribution in [2.24, 2.45) is 0 Å². The third kappa shape index (κ3) is 4.98. The number of likely N-dealkylation sites (tertiary alicyclic amines) is 1. The Hall–Kier alpha value is -1.23. The lowest BCUT2D eigenvalue weighted by Crippen LogP contribution is -2.48. The van der Waals surface area contributed by atoms with Crippen molar-refractivity contribution in [3.05, 3.63) is 24.0 Å². The van der Waals surface area contributed by atoms with Gasteiger partial charge in [-0.1, -0.05) is 0 Å². The largest absolute Gasteiger partial charge is 0.491 e. The summed E-state index contributed by atoms with van der Waals surface area (Å²) in [5.41, 5.74) is 0. The van der Waals surface area contributed by atoms with Gasteiger partial charge in [-0.3, -0.25) is 4.90 Å². The van der Waals surface area contributed by atoms with E-state index in [1.165, 1.54) is 12.1 Å². The van der Waals surface area contributed by atoms with Gasteiger partial charge in [-0.25, -0.2) is 25.9 Å². The number of benzene rings is 1. The molecule has 152 valence electrons. The van der Waals surface area contributed by atoms with Gasteiger partial charge >= 0.3 is 0 Å². The molecule has 10 heteroatoms. The van der Waals surface area contributed by atoms with E-state index in [1.54, 1.807) is 6.92 Å². The third-order valence-electron chi connectivity index (χ3n) is 5.09. The van der Waals surface area contributed by atoms with Crippen LogP contribution < -0.4 is 9.46 Å². The molecule has 0 saturated carbocycles. The van der Waals surface area contributed by atoms with E-state index in [-0.39, 0.29) is 34.2 Å². The third-order valence-corrected chi connectivity index (χ3v) is 8.36. The summed E-state index contributed by atoms with van der Waals surface area (Å²) in [6, 6.07) is 3.39. The summed E-state index contributed by atoms with van der Waals surface area (Å²) in [5, 5.41) is 0. The summed E-state index contributed by atoms with van der Waals surface area (Å²) in [6.45, 7) is 3.30. The molecule has 0 unspecified atom stereocenters. The van der Waals surface area contributed by atoms with Crippen LogP contribution in [0.1, 0.15) is 26.2 Å². The van der Waals surface area contributed by atoms with Crippen LogP contribution in [-0.2, 0) is 19.9 Å². The highest BCUT2D eigenvalue weighted by atomic mass is 32.2. The Morgan fingerprint density at radius 1 is 1.26 bits per heavy atom. The number of halogens is 1. The monoisotopic (exact) mass is 420 g/mol. The molecule has 2 fully saturated rings. The highest BCUT2D eigenvalue weighted by molar-refractivity contribution is 7.91. The van der Waals surface area contributed by atoms with E-state index >= 15 is 0 Å². The van der Waals surface area contributed by atoms with Crippen molar-refractivity contribution in [2.75, 3.05) is 31.2 Å². The topological polar surface area (TPSA) is 92.8 Å². The van der Waals surface area contributed by atoms with Crippen LogP contribution in [0.4, 0.5) is 4.39 Å². The Balaban J connectivity index is 1.58. The highest BCUT2D eigenvalue weighted by Gasteiger charge is 2.34. The second-order valence-electron chi connectivity index (χ2n) is 7.01. The van der Waals surface area contributed by atoms with Crippen molar-refractivity contribution in [3.8, 4) is 5.75 Å². The second kappa shape index (κ2) is 8.02. The maximum atomic E-state index is 14.0. The first kappa shape index (κ1) is 20.5. The molecule has 0 spiro atoms. The van der Waals surface area contributed by atoms with Crippen molar-refractivity contribution < 1.29 is 26.0 Å². The molecule has 1 N–H and O–H groups in total. The molecule has 7 nitrogen and oxygen atoms in total. The molecule has 3 rings (SSSR count). The summed E-state index contributed by atoms with van der Waals surface area (Å²) >= 11 is 0. The second-order valence-corrected chi connectivity index (χ2v) is 11.0. The van der Waals surface area contributed by atoms with Gasteiger partial charge in [0.05, 0.1) is 23.0 Å². The van der Waals surface area contributed by atoms with Crippen molar-refractivity contribution in [1.82, 2.24) is 9.62 Å². The van der Waals surface area contributed by atoms with Crippen molar-refractivity contribution in [1.29, 1.82) is 0 Å². The van der Waals surface area contributed by atoms with Crippen LogP contribution in [0.15, 0.2) is 23.1 Å². The van der Waals surface area contributed by atoms with Crippen molar-refractivity contribution >= 4 is 19.9 Å². The molecule has 0 amide bonds. The molecular formula is C17H25FN2O5S2.